The van der Waals surface area contributed by atoms with E-state index in [1.165, 1.54) is 32.5 Å². The molecule has 2 fully saturated rings. The van der Waals surface area contributed by atoms with Crippen LogP contribution in [0.1, 0.15) is 19.8 Å². The molecule has 0 aliphatic carbocycles. The highest BCUT2D eigenvalue weighted by Crippen LogP contribution is 2.29. The number of carbonyl (C=O) groups excluding carboxylic acids is 1. The van der Waals surface area contributed by atoms with E-state index in [4.69, 9.17) is 4.74 Å². The highest BCUT2D eigenvalue weighted by molar-refractivity contribution is 5.84. The first-order valence-electron chi connectivity index (χ1n) is 7.77. The van der Waals surface area contributed by atoms with Crippen LogP contribution in [0.5, 0.6) is 0 Å². The van der Waals surface area contributed by atoms with Crippen molar-refractivity contribution in [1.82, 2.24) is 4.90 Å². The molecule has 0 radical (unpaired) electrons. The van der Waals surface area contributed by atoms with Crippen LogP contribution in [0.15, 0.2) is 24.3 Å². The lowest BCUT2D eigenvalue weighted by Crippen LogP contribution is -2.39. The number of hydrogen-bond donors (Lipinski definition) is 2. The molecule has 2 heterocycles. The van der Waals surface area contributed by atoms with Crippen LogP contribution in [0.2, 0.25) is 0 Å². The summed E-state index contributed by atoms with van der Waals surface area (Å²) in [6, 6.07) is 8.42. The summed E-state index contributed by atoms with van der Waals surface area (Å²) in [5.41, 5.74) is 1.88. The van der Waals surface area contributed by atoms with E-state index >= 15 is 0 Å². The van der Waals surface area contributed by atoms with Crippen molar-refractivity contribution >= 4 is 17.5 Å². The third-order valence-corrected chi connectivity index (χ3v) is 4.39. The molecule has 114 valence electrons. The van der Waals surface area contributed by atoms with E-state index in [1.54, 1.807) is 6.92 Å². The van der Waals surface area contributed by atoms with Crippen LogP contribution in [0.4, 0.5) is 16.2 Å². The SMILES string of the molecule is CCOC(=O)Nc1ccc(NC2CCN3CCC2C3)cc1. The third-order valence-electron chi connectivity index (χ3n) is 4.39. The van der Waals surface area contributed by atoms with E-state index in [0.717, 1.165) is 17.3 Å². The number of rotatable bonds is 4. The number of nitrogens with zero attached hydrogens (tertiary/aromatic N) is 1. The predicted octanol–water partition coefficient (Wildman–Crippen LogP) is 2.76. The summed E-state index contributed by atoms with van der Waals surface area (Å²) in [5.74, 6) is 0.774. The van der Waals surface area contributed by atoms with Crippen molar-refractivity contribution < 1.29 is 9.53 Å². The molecule has 2 N–H and O–H groups in total. The lowest BCUT2D eigenvalue weighted by molar-refractivity contribution is 0.168. The maximum atomic E-state index is 11.3. The van der Waals surface area contributed by atoms with Crippen molar-refractivity contribution in [2.45, 2.75) is 25.8 Å². The quantitative estimate of drug-likeness (QED) is 0.895. The maximum Gasteiger partial charge on any atom is 0.411 e. The number of carbonyl (C=O) groups is 1. The molecule has 2 aliphatic rings. The summed E-state index contributed by atoms with van der Waals surface area (Å²) in [6.45, 7) is 5.87. The fourth-order valence-corrected chi connectivity index (χ4v) is 3.29. The fourth-order valence-electron chi connectivity index (χ4n) is 3.29. The summed E-state index contributed by atoms with van der Waals surface area (Å²) in [5, 5.41) is 6.35. The third kappa shape index (κ3) is 3.47. The number of amides is 1. The first kappa shape index (κ1) is 14.2. The summed E-state index contributed by atoms with van der Waals surface area (Å²) in [4.78, 5) is 13.9. The first-order valence-corrected chi connectivity index (χ1v) is 7.77. The highest BCUT2D eigenvalue weighted by Gasteiger charge is 2.33. The van der Waals surface area contributed by atoms with E-state index in [0.29, 0.717) is 12.6 Å². The minimum absolute atomic E-state index is 0.381. The van der Waals surface area contributed by atoms with Gasteiger partial charge in [-0.05, 0) is 56.5 Å². The largest absolute Gasteiger partial charge is 0.450 e. The Balaban J connectivity index is 1.55. The number of benzene rings is 1. The molecule has 5 nitrogen and oxygen atoms in total. The second kappa shape index (κ2) is 6.35. The van der Waals surface area contributed by atoms with Crippen LogP contribution in [0.3, 0.4) is 0 Å². The molecule has 1 aromatic carbocycles. The summed E-state index contributed by atoms with van der Waals surface area (Å²) < 4.78 is 4.86. The van der Waals surface area contributed by atoms with E-state index in [9.17, 15) is 4.79 Å². The number of nitrogens with one attached hydrogen (secondary N) is 2. The first-order chi connectivity index (χ1) is 10.2. The monoisotopic (exact) mass is 289 g/mol. The predicted molar refractivity (Wildman–Crippen MR) is 83.7 cm³/mol. The Morgan fingerprint density at radius 1 is 1.24 bits per heavy atom. The summed E-state index contributed by atoms with van der Waals surface area (Å²) in [6.07, 6.45) is 2.12. The Morgan fingerprint density at radius 3 is 2.71 bits per heavy atom. The molecule has 3 unspecified atom stereocenters. The Hall–Kier alpha value is -1.75. The molecule has 2 bridgehead atoms. The normalized spacial score (nSPS) is 27.2. The van der Waals surface area contributed by atoms with Gasteiger partial charge in [-0.15, -0.1) is 0 Å². The van der Waals surface area contributed by atoms with Gasteiger partial charge < -0.3 is 15.0 Å². The van der Waals surface area contributed by atoms with Gasteiger partial charge in [0, 0.05) is 30.5 Å². The van der Waals surface area contributed by atoms with Crippen LogP contribution in [0, 0.1) is 5.92 Å². The van der Waals surface area contributed by atoms with Gasteiger partial charge in [-0.25, -0.2) is 4.79 Å². The van der Waals surface area contributed by atoms with Gasteiger partial charge in [-0.3, -0.25) is 5.32 Å². The van der Waals surface area contributed by atoms with Crippen LogP contribution in [0.25, 0.3) is 0 Å². The molecular weight excluding hydrogens is 266 g/mol. The number of anilines is 2. The molecule has 0 aromatic heterocycles. The van der Waals surface area contributed by atoms with Gasteiger partial charge >= 0.3 is 6.09 Å². The molecule has 3 rings (SSSR count). The standard InChI is InChI=1S/C16H23N3O2/c1-2-21-16(20)18-14-5-3-13(4-6-14)17-15-8-10-19-9-7-12(15)11-19/h3-6,12,15,17H,2,7-11H2,1H3,(H,18,20). The number of fused-ring (bicyclic) bond motifs is 2. The van der Waals surface area contributed by atoms with Gasteiger partial charge in [0.25, 0.3) is 0 Å². The van der Waals surface area contributed by atoms with E-state index in [1.807, 2.05) is 24.3 Å². The fraction of sp³-hybridized carbons (Fsp3) is 0.562. The lowest BCUT2D eigenvalue weighted by atomic mass is 9.94. The van der Waals surface area contributed by atoms with Gasteiger partial charge in [-0.2, -0.15) is 0 Å². The number of ether oxygens (including phenoxy) is 1. The Bertz CT molecular complexity index is 489. The second-order valence-corrected chi connectivity index (χ2v) is 5.81. The highest BCUT2D eigenvalue weighted by atomic mass is 16.5. The summed E-state index contributed by atoms with van der Waals surface area (Å²) >= 11 is 0. The summed E-state index contributed by atoms with van der Waals surface area (Å²) in [7, 11) is 0. The Kier molecular flexibility index (Phi) is 4.29. The number of hydrogen-bond acceptors (Lipinski definition) is 4. The van der Waals surface area contributed by atoms with E-state index in [2.05, 4.69) is 15.5 Å². The molecule has 1 aromatic rings. The van der Waals surface area contributed by atoms with Gasteiger partial charge in [0.05, 0.1) is 6.61 Å². The Morgan fingerprint density at radius 2 is 1.95 bits per heavy atom. The zero-order valence-electron chi connectivity index (χ0n) is 12.5. The lowest BCUT2D eigenvalue weighted by Gasteiger charge is -2.31. The van der Waals surface area contributed by atoms with Crippen molar-refractivity contribution in [3.8, 4) is 0 Å². The van der Waals surface area contributed by atoms with E-state index < -0.39 is 6.09 Å². The minimum atomic E-state index is -0.406. The van der Waals surface area contributed by atoms with Gasteiger partial charge in [0.2, 0.25) is 0 Å². The molecule has 2 saturated heterocycles. The van der Waals surface area contributed by atoms with Crippen LogP contribution in [-0.4, -0.2) is 43.3 Å². The molecule has 5 heteroatoms. The molecule has 0 saturated carbocycles. The minimum Gasteiger partial charge on any atom is -0.450 e. The maximum absolute atomic E-state index is 11.3. The topological polar surface area (TPSA) is 53.6 Å². The second-order valence-electron chi connectivity index (χ2n) is 5.81. The molecule has 1 amide bonds. The van der Waals surface area contributed by atoms with Crippen molar-refractivity contribution in [1.29, 1.82) is 0 Å². The molecule has 3 atom stereocenters. The van der Waals surface area contributed by atoms with Crippen LogP contribution in [-0.2, 0) is 4.74 Å². The Labute approximate surface area is 125 Å². The molecule has 0 spiro atoms. The van der Waals surface area contributed by atoms with E-state index in [-0.39, 0.29) is 0 Å². The van der Waals surface area contributed by atoms with Gasteiger partial charge in [0.1, 0.15) is 0 Å². The molecular formula is C16H23N3O2. The zero-order chi connectivity index (χ0) is 14.7. The average Bonchev–Trinajstić information content (AvgIpc) is 2.87. The number of piperidine rings is 1. The van der Waals surface area contributed by atoms with Crippen molar-refractivity contribution in [3.63, 3.8) is 0 Å². The van der Waals surface area contributed by atoms with Crippen LogP contribution >= 0.6 is 0 Å². The molecule has 2 aliphatic heterocycles. The van der Waals surface area contributed by atoms with Crippen molar-refractivity contribution in [3.05, 3.63) is 24.3 Å². The van der Waals surface area contributed by atoms with Crippen LogP contribution < -0.4 is 10.6 Å². The zero-order valence-corrected chi connectivity index (χ0v) is 12.5. The molecule has 21 heavy (non-hydrogen) atoms. The van der Waals surface area contributed by atoms with Gasteiger partial charge in [-0.1, -0.05) is 0 Å². The average molecular weight is 289 g/mol. The van der Waals surface area contributed by atoms with Gasteiger partial charge in [0.15, 0.2) is 0 Å². The van der Waals surface area contributed by atoms with Crippen molar-refractivity contribution in [2.75, 3.05) is 36.9 Å². The smallest absolute Gasteiger partial charge is 0.411 e. The van der Waals surface area contributed by atoms with Crippen molar-refractivity contribution in [2.24, 2.45) is 5.92 Å².